The molecule has 3 nitrogen and oxygen atoms in total. The molecule has 0 spiro atoms. The minimum Gasteiger partial charge on any atom is -0.356 e. The molecule has 1 amide bonds. The summed E-state index contributed by atoms with van der Waals surface area (Å²) < 4.78 is 0. The third-order valence-electron chi connectivity index (χ3n) is 2.52. The highest BCUT2D eigenvalue weighted by atomic mass is 16.1. The molecule has 3 N–H and O–H groups in total. The molecule has 1 rings (SSSR count). The fourth-order valence-corrected chi connectivity index (χ4v) is 1.63. The fourth-order valence-electron chi connectivity index (χ4n) is 1.63. The van der Waals surface area contributed by atoms with Crippen LogP contribution in [0.3, 0.4) is 0 Å². The zero-order chi connectivity index (χ0) is 9.73. The minimum atomic E-state index is -0.205. The van der Waals surface area contributed by atoms with Crippen molar-refractivity contribution >= 4 is 6.41 Å². The van der Waals surface area contributed by atoms with E-state index < -0.39 is 0 Å². The van der Waals surface area contributed by atoms with Gasteiger partial charge in [0.1, 0.15) is 0 Å². The molecule has 0 fully saturated rings. The van der Waals surface area contributed by atoms with Gasteiger partial charge in [-0.05, 0) is 32.6 Å². The normalized spacial score (nSPS) is 34.8. The van der Waals surface area contributed by atoms with Crippen molar-refractivity contribution in [3.63, 3.8) is 0 Å². The van der Waals surface area contributed by atoms with Gasteiger partial charge in [0.15, 0.2) is 0 Å². The molecule has 0 saturated carbocycles. The van der Waals surface area contributed by atoms with Gasteiger partial charge in [-0.1, -0.05) is 12.2 Å². The number of nitrogens with one attached hydrogen (secondary N) is 1. The largest absolute Gasteiger partial charge is 0.356 e. The van der Waals surface area contributed by atoms with E-state index in [1.165, 1.54) is 0 Å². The lowest BCUT2D eigenvalue weighted by atomic mass is 9.89. The molecule has 1 aliphatic rings. The number of amides is 1. The van der Waals surface area contributed by atoms with E-state index in [0.717, 1.165) is 32.1 Å². The van der Waals surface area contributed by atoms with Crippen LogP contribution in [-0.4, -0.2) is 18.0 Å². The van der Waals surface area contributed by atoms with E-state index in [-0.39, 0.29) is 5.54 Å². The summed E-state index contributed by atoms with van der Waals surface area (Å²) in [6.07, 6.45) is 8.88. The third kappa shape index (κ3) is 3.59. The highest BCUT2D eigenvalue weighted by Gasteiger charge is 2.19. The van der Waals surface area contributed by atoms with Crippen molar-refractivity contribution in [1.29, 1.82) is 0 Å². The lowest BCUT2D eigenvalue weighted by Crippen LogP contribution is -2.38. The molecule has 0 heterocycles. The van der Waals surface area contributed by atoms with E-state index in [1.54, 1.807) is 0 Å². The smallest absolute Gasteiger partial charge is 0.207 e. The number of allylic oxidation sites excluding steroid dienone is 1. The Kier molecular flexibility index (Phi) is 3.48. The Morgan fingerprint density at radius 3 is 3.08 bits per heavy atom. The molecule has 3 heteroatoms. The number of rotatable bonds is 2. The van der Waals surface area contributed by atoms with E-state index in [1.807, 2.05) is 6.92 Å². The Hall–Kier alpha value is -0.830. The molecular weight excluding hydrogens is 164 g/mol. The lowest BCUT2D eigenvalue weighted by molar-refractivity contribution is -0.110. The van der Waals surface area contributed by atoms with Gasteiger partial charge in [-0.2, -0.15) is 0 Å². The second-order valence-corrected chi connectivity index (χ2v) is 4.01. The van der Waals surface area contributed by atoms with Gasteiger partial charge in [-0.25, -0.2) is 0 Å². The summed E-state index contributed by atoms with van der Waals surface area (Å²) in [5.74, 6) is 0. The first-order chi connectivity index (χ1) is 6.14. The summed E-state index contributed by atoms with van der Waals surface area (Å²) in [6.45, 7) is 2.02. The molecule has 2 atom stereocenters. The lowest BCUT2D eigenvalue weighted by Gasteiger charge is -2.26. The maximum Gasteiger partial charge on any atom is 0.207 e. The van der Waals surface area contributed by atoms with Crippen LogP contribution >= 0.6 is 0 Å². The monoisotopic (exact) mass is 182 g/mol. The standard InChI is InChI=1S/C10H18N2O/c1-10(11)6-3-2-4-9(5-7-10)12-8-13/h3,6,8-9H,2,4-5,7,11H2,1H3,(H,12,13)/t9?,10-/m1/s1. The second kappa shape index (κ2) is 4.42. The van der Waals surface area contributed by atoms with E-state index in [4.69, 9.17) is 5.73 Å². The average Bonchev–Trinajstić information content (AvgIpc) is 2.05. The molecule has 74 valence electrons. The quantitative estimate of drug-likeness (QED) is 0.493. The summed E-state index contributed by atoms with van der Waals surface area (Å²) in [7, 11) is 0. The van der Waals surface area contributed by atoms with E-state index >= 15 is 0 Å². The predicted molar refractivity (Wildman–Crippen MR) is 53.2 cm³/mol. The van der Waals surface area contributed by atoms with Crippen LogP contribution in [0.15, 0.2) is 12.2 Å². The highest BCUT2D eigenvalue weighted by molar-refractivity contribution is 5.46. The Morgan fingerprint density at radius 1 is 1.62 bits per heavy atom. The maximum atomic E-state index is 10.3. The highest BCUT2D eigenvalue weighted by Crippen LogP contribution is 2.18. The van der Waals surface area contributed by atoms with Crippen LogP contribution in [-0.2, 0) is 4.79 Å². The van der Waals surface area contributed by atoms with Crippen molar-refractivity contribution in [3.8, 4) is 0 Å². The zero-order valence-electron chi connectivity index (χ0n) is 8.12. The average molecular weight is 182 g/mol. The van der Waals surface area contributed by atoms with Gasteiger partial charge >= 0.3 is 0 Å². The first-order valence-corrected chi connectivity index (χ1v) is 4.80. The Labute approximate surface area is 79.4 Å². The third-order valence-corrected chi connectivity index (χ3v) is 2.52. The molecule has 0 saturated heterocycles. The molecule has 0 bridgehead atoms. The van der Waals surface area contributed by atoms with Gasteiger partial charge < -0.3 is 11.1 Å². The number of hydrogen-bond donors (Lipinski definition) is 2. The van der Waals surface area contributed by atoms with Crippen molar-refractivity contribution in [3.05, 3.63) is 12.2 Å². The fraction of sp³-hybridized carbons (Fsp3) is 0.700. The van der Waals surface area contributed by atoms with Crippen LogP contribution in [0.25, 0.3) is 0 Å². The summed E-state index contributed by atoms with van der Waals surface area (Å²) in [4.78, 5) is 10.3. The van der Waals surface area contributed by atoms with E-state index in [0.29, 0.717) is 6.04 Å². The second-order valence-electron chi connectivity index (χ2n) is 4.01. The Morgan fingerprint density at radius 2 is 2.38 bits per heavy atom. The summed E-state index contributed by atoms with van der Waals surface area (Å²) in [6, 6.07) is 0.297. The topological polar surface area (TPSA) is 55.1 Å². The van der Waals surface area contributed by atoms with Crippen molar-refractivity contribution < 1.29 is 4.79 Å². The van der Waals surface area contributed by atoms with Crippen molar-refractivity contribution in [2.24, 2.45) is 5.73 Å². The van der Waals surface area contributed by atoms with Crippen molar-refractivity contribution in [2.75, 3.05) is 0 Å². The van der Waals surface area contributed by atoms with E-state index in [9.17, 15) is 4.79 Å². The summed E-state index contributed by atoms with van der Waals surface area (Å²) >= 11 is 0. The van der Waals surface area contributed by atoms with E-state index in [2.05, 4.69) is 17.5 Å². The molecular formula is C10H18N2O. The van der Waals surface area contributed by atoms with Gasteiger partial charge in [-0.3, -0.25) is 4.79 Å². The molecule has 0 radical (unpaired) electrons. The van der Waals surface area contributed by atoms with Crippen LogP contribution in [0.2, 0.25) is 0 Å². The van der Waals surface area contributed by atoms with Gasteiger partial charge in [0.25, 0.3) is 0 Å². The predicted octanol–water partition coefficient (Wildman–Crippen LogP) is 0.949. The van der Waals surface area contributed by atoms with Gasteiger partial charge in [-0.15, -0.1) is 0 Å². The van der Waals surface area contributed by atoms with Crippen LogP contribution in [0.4, 0.5) is 0 Å². The van der Waals surface area contributed by atoms with Crippen LogP contribution in [0.1, 0.15) is 32.6 Å². The van der Waals surface area contributed by atoms with Crippen molar-refractivity contribution in [2.45, 2.75) is 44.2 Å². The first-order valence-electron chi connectivity index (χ1n) is 4.80. The Balaban J connectivity index is 2.50. The number of nitrogens with two attached hydrogens (primary N) is 1. The van der Waals surface area contributed by atoms with Gasteiger partial charge in [0, 0.05) is 11.6 Å². The van der Waals surface area contributed by atoms with Crippen LogP contribution < -0.4 is 11.1 Å². The summed E-state index contributed by atoms with van der Waals surface area (Å²) in [5.41, 5.74) is 5.80. The number of carbonyl (C=O) groups is 1. The molecule has 13 heavy (non-hydrogen) atoms. The van der Waals surface area contributed by atoms with Crippen LogP contribution in [0, 0.1) is 0 Å². The molecule has 0 aromatic carbocycles. The molecule has 0 aromatic rings. The Bertz CT molecular complexity index is 199. The molecule has 0 aliphatic heterocycles. The first kappa shape index (κ1) is 10.3. The maximum absolute atomic E-state index is 10.3. The number of hydrogen-bond acceptors (Lipinski definition) is 2. The van der Waals surface area contributed by atoms with Gasteiger partial charge in [0.05, 0.1) is 0 Å². The van der Waals surface area contributed by atoms with Crippen molar-refractivity contribution in [1.82, 2.24) is 5.32 Å². The summed E-state index contributed by atoms with van der Waals surface area (Å²) in [5, 5.41) is 2.82. The SMILES string of the molecule is C[C@@]1(N)C=CCCC(NC=O)CC1. The molecule has 1 unspecified atom stereocenters. The van der Waals surface area contributed by atoms with Gasteiger partial charge in [0.2, 0.25) is 6.41 Å². The number of carbonyl (C=O) groups excluding carboxylic acids is 1. The zero-order valence-corrected chi connectivity index (χ0v) is 8.12. The minimum absolute atomic E-state index is 0.205. The molecule has 1 aliphatic carbocycles. The van der Waals surface area contributed by atoms with Crippen LogP contribution in [0.5, 0.6) is 0 Å². The molecule has 0 aromatic heterocycles.